The van der Waals surface area contributed by atoms with Crippen molar-refractivity contribution in [2.45, 2.75) is 70.7 Å². The SMILES string of the molecule is CC[C@H](CCc1ccc(C[C@H]2C=C(C)[C@@H](O)C[C@@H]2[C@@](C)(O)CO)cc1)OC. The van der Waals surface area contributed by atoms with Gasteiger partial charge in [0.15, 0.2) is 0 Å². The average Bonchev–Trinajstić information content (AvgIpc) is 2.66. The highest BCUT2D eigenvalue weighted by molar-refractivity contribution is 5.25. The minimum atomic E-state index is -1.20. The van der Waals surface area contributed by atoms with Crippen molar-refractivity contribution in [2.24, 2.45) is 11.8 Å². The number of methoxy groups -OCH3 is 1. The van der Waals surface area contributed by atoms with Gasteiger partial charge in [0, 0.05) is 7.11 Å². The molecule has 4 nitrogen and oxygen atoms in total. The number of aliphatic hydroxyl groups excluding tert-OH is 2. The van der Waals surface area contributed by atoms with Gasteiger partial charge in [-0.05, 0) is 74.5 Å². The van der Waals surface area contributed by atoms with E-state index >= 15 is 0 Å². The highest BCUT2D eigenvalue weighted by Gasteiger charge is 2.40. The minimum Gasteiger partial charge on any atom is -0.393 e. The van der Waals surface area contributed by atoms with Crippen molar-refractivity contribution in [3.05, 3.63) is 47.0 Å². The Morgan fingerprint density at radius 1 is 1.22 bits per heavy atom. The molecule has 152 valence electrons. The molecule has 0 amide bonds. The highest BCUT2D eigenvalue weighted by atomic mass is 16.5. The predicted octanol–water partition coefficient (Wildman–Crippen LogP) is 3.27. The first-order valence-corrected chi connectivity index (χ1v) is 10.1. The summed E-state index contributed by atoms with van der Waals surface area (Å²) in [5.41, 5.74) is 2.27. The zero-order chi connectivity index (χ0) is 20.0. The van der Waals surface area contributed by atoms with Gasteiger partial charge in [-0.15, -0.1) is 0 Å². The quantitative estimate of drug-likeness (QED) is 0.579. The first kappa shape index (κ1) is 22.1. The van der Waals surface area contributed by atoms with Gasteiger partial charge in [-0.2, -0.15) is 0 Å². The highest BCUT2D eigenvalue weighted by Crippen LogP contribution is 2.38. The number of aliphatic hydroxyl groups is 3. The molecule has 0 aliphatic heterocycles. The molecule has 0 saturated heterocycles. The standard InChI is InChI=1S/C23H36O4/c1-5-20(27-4)11-10-17-6-8-18(9-7-17)13-19-12-16(2)22(25)14-21(19)23(3,26)15-24/h6-9,12,19-22,24-26H,5,10-11,13-15H2,1-4H3/t19-,20-,21+,22+,23+/m1/s1. The Hall–Kier alpha value is -1.20. The number of benzene rings is 1. The van der Waals surface area contributed by atoms with Crippen molar-refractivity contribution >= 4 is 0 Å². The largest absolute Gasteiger partial charge is 0.393 e. The van der Waals surface area contributed by atoms with E-state index in [9.17, 15) is 15.3 Å². The Labute approximate surface area is 163 Å². The van der Waals surface area contributed by atoms with E-state index < -0.39 is 11.7 Å². The molecular weight excluding hydrogens is 340 g/mol. The van der Waals surface area contributed by atoms with Crippen LogP contribution in [0.2, 0.25) is 0 Å². The third-order valence-electron chi connectivity index (χ3n) is 6.15. The molecule has 4 heteroatoms. The van der Waals surface area contributed by atoms with Crippen molar-refractivity contribution in [1.82, 2.24) is 0 Å². The lowest BCUT2D eigenvalue weighted by atomic mass is 9.69. The Kier molecular flexibility index (Phi) is 8.04. The minimum absolute atomic E-state index is 0.0966. The maximum absolute atomic E-state index is 10.6. The zero-order valence-corrected chi connectivity index (χ0v) is 17.2. The van der Waals surface area contributed by atoms with Gasteiger partial charge in [-0.3, -0.25) is 0 Å². The van der Waals surface area contributed by atoms with Crippen LogP contribution in [-0.2, 0) is 17.6 Å². The van der Waals surface area contributed by atoms with Crippen molar-refractivity contribution < 1.29 is 20.1 Å². The summed E-state index contributed by atoms with van der Waals surface area (Å²) < 4.78 is 5.45. The van der Waals surface area contributed by atoms with Crippen LogP contribution in [0.3, 0.4) is 0 Å². The number of ether oxygens (including phenoxy) is 1. The van der Waals surface area contributed by atoms with Crippen LogP contribution in [-0.4, -0.2) is 46.8 Å². The van der Waals surface area contributed by atoms with Gasteiger partial charge in [0.2, 0.25) is 0 Å². The van der Waals surface area contributed by atoms with Crippen LogP contribution < -0.4 is 0 Å². The molecule has 0 saturated carbocycles. The monoisotopic (exact) mass is 376 g/mol. The van der Waals surface area contributed by atoms with Gasteiger partial charge in [0.05, 0.1) is 24.4 Å². The number of hydrogen-bond acceptors (Lipinski definition) is 4. The normalized spacial score (nSPS) is 26.3. The van der Waals surface area contributed by atoms with Crippen molar-refractivity contribution in [2.75, 3.05) is 13.7 Å². The van der Waals surface area contributed by atoms with E-state index in [1.807, 2.05) is 6.92 Å². The van der Waals surface area contributed by atoms with Gasteiger partial charge in [-0.25, -0.2) is 0 Å². The van der Waals surface area contributed by atoms with Crippen molar-refractivity contribution in [1.29, 1.82) is 0 Å². The van der Waals surface area contributed by atoms with E-state index in [-0.39, 0.29) is 18.4 Å². The second kappa shape index (κ2) is 9.83. The molecule has 0 fully saturated rings. The van der Waals surface area contributed by atoms with Crippen LogP contribution in [0.5, 0.6) is 0 Å². The van der Waals surface area contributed by atoms with Gasteiger partial charge < -0.3 is 20.1 Å². The predicted molar refractivity (Wildman–Crippen MR) is 109 cm³/mol. The van der Waals surface area contributed by atoms with Gasteiger partial charge >= 0.3 is 0 Å². The summed E-state index contributed by atoms with van der Waals surface area (Å²) in [7, 11) is 1.77. The molecule has 0 spiro atoms. The fourth-order valence-corrected chi connectivity index (χ4v) is 4.13. The summed E-state index contributed by atoms with van der Waals surface area (Å²) in [6.07, 6.45) is 6.17. The fraction of sp³-hybridized carbons (Fsp3) is 0.652. The lowest BCUT2D eigenvalue weighted by Crippen LogP contribution is -2.46. The Morgan fingerprint density at radius 2 is 1.85 bits per heavy atom. The molecule has 1 aromatic carbocycles. The van der Waals surface area contributed by atoms with E-state index in [2.05, 4.69) is 37.3 Å². The van der Waals surface area contributed by atoms with E-state index in [0.29, 0.717) is 12.5 Å². The molecule has 2 rings (SSSR count). The molecule has 0 bridgehead atoms. The van der Waals surface area contributed by atoms with Crippen LogP contribution >= 0.6 is 0 Å². The molecule has 0 unspecified atom stereocenters. The van der Waals surface area contributed by atoms with E-state index in [4.69, 9.17) is 4.74 Å². The summed E-state index contributed by atoms with van der Waals surface area (Å²) in [4.78, 5) is 0. The number of rotatable bonds is 9. The Morgan fingerprint density at radius 3 is 2.41 bits per heavy atom. The summed E-state index contributed by atoms with van der Waals surface area (Å²) in [6, 6.07) is 8.65. The smallest absolute Gasteiger partial charge is 0.0884 e. The summed E-state index contributed by atoms with van der Waals surface area (Å²) in [5, 5.41) is 30.4. The lowest BCUT2D eigenvalue weighted by Gasteiger charge is -2.40. The second-order valence-electron chi connectivity index (χ2n) is 8.27. The zero-order valence-electron chi connectivity index (χ0n) is 17.2. The molecule has 0 heterocycles. The molecular formula is C23H36O4. The van der Waals surface area contributed by atoms with Crippen LogP contribution in [0, 0.1) is 11.8 Å². The number of hydrogen-bond donors (Lipinski definition) is 3. The molecule has 1 aliphatic rings. The van der Waals surface area contributed by atoms with Gasteiger partial charge in [0.1, 0.15) is 0 Å². The fourth-order valence-electron chi connectivity index (χ4n) is 4.13. The van der Waals surface area contributed by atoms with Crippen molar-refractivity contribution in [3.8, 4) is 0 Å². The molecule has 3 N–H and O–H groups in total. The second-order valence-corrected chi connectivity index (χ2v) is 8.27. The number of allylic oxidation sites excluding steroid dienone is 1. The third-order valence-corrected chi connectivity index (χ3v) is 6.15. The summed E-state index contributed by atoms with van der Waals surface area (Å²) in [5.74, 6) is -0.0766. The topological polar surface area (TPSA) is 69.9 Å². The van der Waals surface area contributed by atoms with E-state index in [1.54, 1.807) is 14.0 Å². The van der Waals surface area contributed by atoms with Gasteiger partial charge in [-0.1, -0.05) is 37.3 Å². The molecule has 0 radical (unpaired) electrons. The first-order valence-electron chi connectivity index (χ1n) is 10.1. The van der Waals surface area contributed by atoms with Gasteiger partial charge in [0.25, 0.3) is 0 Å². The molecule has 5 atom stereocenters. The average molecular weight is 377 g/mol. The summed E-state index contributed by atoms with van der Waals surface area (Å²) in [6.45, 7) is 5.44. The Bertz CT molecular complexity index is 601. The molecule has 1 aliphatic carbocycles. The van der Waals surface area contributed by atoms with Crippen LogP contribution in [0.4, 0.5) is 0 Å². The molecule has 0 aromatic heterocycles. The van der Waals surface area contributed by atoms with E-state index in [1.165, 1.54) is 11.1 Å². The Balaban J connectivity index is 2.07. The van der Waals surface area contributed by atoms with Crippen LogP contribution in [0.15, 0.2) is 35.9 Å². The van der Waals surface area contributed by atoms with Crippen LogP contribution in [0.25, 0.3) is 0 Å². The number of aryl methyl sites for hydroxylation is 1. The van der Waals surface area contributed by atoms with Crippen molar-refractivity contribution in [3.63, 3.8) is 0 Å². The third kappa shape index (κ3) is 5.89. The molecule has 1 aromatic rings. The van der Waals surface area contributed by atoms with Crippen LogP contribution in [0.1, 0.15) is 51.2 Å². The van der Waals surface area contributed by atoms with E-state index in [0.717, 1.165) is 31.3 Å². The summed E-state index contributed by atoms with van der Waals surface area (Å²) >= 11 is 0. The molecule has 27 heavy (non-hydrogen) atoms. The maximum Gasteiger partial charge on any atom is 0.0884 e. The lowest BCUT2D eigenvalue weighted by molar-refractivity contribution is -0.0755. The maximum atomic E-state index is 10.6. The first-order chi connectivity index (χ1) is 12.8.